The highest BCUT2D eigenvalue weighted by atomic mass is 16.5. The molecule has 2 amide bonds. The van der Waals surface area contributed by atoms with Gasteiger partial charge in [0, 0.05) is 30.8 Å². The molecule has 3 atom stereocenters. The Morgan fingerprint density at radius 2 is 2.00 bits per heavy atom. The second-order valence-corrected chi connectivity index (χ2v) is 8.89. The van der Waals surface area contributed by atoms with E-state index in [4.69, 9.17) is 9.47 Å². The van der Waals surface area contributed by atoms with Crippen LogP contribution in [0.3, 0.4) is 0 Å². The van der Waals surface area contributed by atoms with Crippen molar-refractivity contribution in [2.24, 2.45) is 0 Å². The molecule has 0 saturated carbocycles. The monoisotopic (exact) mass is 447 g/mol. The van der Waals surface area contributed by atoms with Crippen LogP contribution in [0.25, 0.3) is 0 Å². The molecule has 7 heteroatoms. The van der Waals surface area contributed by atoms with E-state index in [9.17, 15) is 9.59 Å². The number of piperidine rings is 1. The van der Waals surface area contributed by atoms with Crippen molar-refractivity contribution in [3.05, 3.63) is 77.5 Å². The average molecular weight is 448 g/mol. The van der Waals surface area contributed by atoms with Crippen LogP contribution >= 0.6 is 0 Å². The summed E-state index contributed by atoms with van der Waals surface area (Å²) in [6.07, 6.45) is 2.06. The highest BCUT2D eigenvalue weighted by Gasteiger charge is 2.38. The van der Waals surface area contributed by atoms with Crippen LogP contribution in [0.5, 0.6) is 5.75 Å². The average Bonchev–Trinajstić information content (AvgIpc) is 3.14. The Hall–Kier alpha value is -3.16. The molecule has 2 aromatic carbocycles. The fraction of sp³-hybridized carbons (Fsp3) is 0.385. The van der Waals surface area contributed by atoms with E-state index in [1.165, 1.54) is 5.56 Å². The summed E-state index contributed by atoms with van der Waals surface area (Å²) in [5, 5.41) is 6.34. The van der Waals surface area contributed by atoms with Crippen LogP contribution in [0.15, 0.2) is 60.8 Å². The number of amides is 2. The lowest BCUT2D eigenvalue weighted by atomic mass is 10.0. The van der Waals surface area contributed by atoms with E-state index in [-0.39, 0.29) is 24.0 Å². The molecule has 2 saturated heterocycles. The third-order valence-electron chi connectivity index (χ3n) is 6.60. The Kier molecular flexibility index (Phi) is 6.15. The molecule has 7 nitrogen and oxygen atoms in total. The number of hydrogen-bond donors (Lipinski definition) is 2. The third-order valence-corrected chi connectivity index (χ3v) is 6.60. The van der Waals surface area contributed by atoms with E-state index in [0.29, 0.717) is 43.9 Å². The SMILES string of the molecule is C=C1CCC(N2Cc3cc(O[C@@H]4CCOC[C@@H]4NCc4ccccc4)ccc3C2=O)C(=O)N1. The standard InChI is InChI=1S/C26H29N3O4/c1-17-7-10-23(25(30)28-17)29-15-19-13-20(8-9-21(19)26(29)31)33-24-11-12-32-16-22(24)27-14-18-5-3-2-4-6-18/h2-6,8-9,13,22-24,27H,1,7,10-12,14-16H2,(H,28,30)/t22-,23?,24+/m0/s1. The van der Waals surface area contributed by atoms with E-state index < -0.39 is 6.04 Å². The molecule has 2 fully saturated rings. The maximum Gasteiger partial charge on any atom is 0.255 e. The lowest BCUT2D eigenvalue weighted by molar-refractivity contribution is -0.126. The van der Waals surface area contributed by atoms with Gasteiger partial charge in [-0.3, -0.25) is 9.59 Å². The van der Waals surface area contributed by atoms with Gasteiger partial charge in [-0.2, -0.15) is 0 Å². The first-order valence-corrected chi connectivity index (χ1v) is 11.5. The van der Waals surface area contributed by atoms with Gasteiger partial charge in [0.15, 0.2) is 0 Å². The number of carbonyl (C=O) groups is 2. The summed E-state index contributed by atoms with van der Waals surface area (Å²) in [5.41, 5.74) is 3.47. The van der Waals surface area contributed by atoms with Crippen LogP contribution in [0.2, 0.25) is 0 Å². The molecule has 2 N–H and O–H groups in total. The van der Waals surface area contributed by atoms with E-state index in [0.717, 1.165) is 24.3 Å². The van der Waals surface area contributed by atoms with Crippen LogP contribution in [0, 0.1) is 0 Å². The number of nitrogens with one attached hydrogen (secondary N) is 2. The fourth-order valence-electron chi connectivity index (χ4n) is 4.77. The number of fused-ring (bicyclic) bond motifs is 1. The van der Waals surface area contributed by atoms with E-state index in [1.807, 2.05) is 36.4 Å². The lowest BCUT2D eigenvalue weighted by Crippen LogP contribution is -2.49. The van der Waals surface area contributed by atoms with Crippen LogP contribution in [-0.2, 0) is 22.6 Å². The fourth-order valence-corrected chi connectivity index (χ4v) is 4.77. The van der Waals surface area contributed by atoms with Crippen LogP contribution in [-0.4, -0.2) is 48.1 Å². The van der Waals surface area contributed by atoms with Crippen LogP contribution in [0.1, 0.15) is 40.7 Å². The van der Waals surface area contributed by atoms with Gasteiger partial charge in [-0.1, -0.05) is 36.9 Å². The van der Waals surface area contributed by atoms with Crippen molar-refractivity contribution < 1.29 is 19.1 Å². The number of ether oxygens (including phenoxy) is 2. The van der Waals surface area contributed by atoms with Gasteiger partial charge in [0.05, 0.1) is 19.3 Å². The van der Waals surface area contributed by atoms with Crippen molar-refractivity contribution in [3.8, 4) is 5.75 Å². The van der Waals surface area contributed by atoms with Crippen LogP contribution in [0.4, 0.5) is 0 Å². The molecule has 2 aromatic rings. The van der Waals surface area contributed by atoms with Gasteiger partial charge in [0.25, 0.3) is 5.91 Å². The Morgan fingerprint density at radius 3 is 2.82 bits per heavy atom. The maximum absolute atomic E-state index is 13.0. The molecule has 0 aliphatic carbocycles. The summed E-state index contributed by atoms with van der Waals surface area (Å²) < 4.78 is 12.1. The maximum atomic E-state index is 13.0. The minimum atomic E-state index is -0.457. The van der Waals surface area contributed by atoms with Crippen molar-refractivity contribution in [2.75, 3.05) is 13.2 Å². The Morgan fingerprint density at radius 1 is 1.15 bits per heavy atom. The molecule has 33 heavy (non-hydrogen) atoms. The highest BCUT2D eigenvalue weighted by molar-refractivity contribution is 6.01. The Bertz CT molecular complexity index is 1050. The summed E-state index contributed by atoms with van der Waals surface area (Å²) in [5.74, 6) is 0.486. The predicted molar refractivity (Wildman–Crippen MR) is 124 cm³/mol. The largest absolute Gasteiger partial charge is 0.489 e. The first-order valence-electron chi connectivity index (χ1n) is 11.5. The van der Waals surface area contributed by atoms with E-state index >= 15 is 0 Å². The van der Waals surface area contributed by atoms with Crippen molar-refractivity contribution in [3.63, 3.8) is 0 Å². The van der Waals surface area contributed by atoms with Gasteiger partial charge in [-0.05, 0) is 42.2 Å². The first-order chi connectivity index (χ1) is 16.1. The molecule has 0 spiro atoms. The Balaban J connectivity index is 1.25. The summed E-state index contributed by atoms with van der Waals surface area (Å²) >= 11 is 0. The van der Waals surface area contributed by atoms with Crippen LogP contribution < -0.4 is 15.4 Å². The molecule has 5 rings (SSSR count). The molecule has 1 unspecified atom stereocenters. The predicted octanol–water partition coefficient (Wildman–Crippen LogP) is 2.76. The molecule has 3 aliphatic rings. The topological polar surface area (TPSA) is 79.9 Å². The third kappa shape index (κ3) is 4.65. The second kappa shape index (κ2) is 9.37. The van der Waals surface area contributed by atoms with Gasteiger partial charge in [-0.15, -0.1) is 0 Å². The highest BCUT2D eigenvalue weighted by Crippen LogP contribution is 2.31. The molecule has 3 aliphatic heterocycles. The number of rotatable bonds is 6. The molecular weight excluding hydrogens is 418 g/mol. The number of carbonyl (C=O) groups excluding carboxylic acids is 2. The smallest absolute Gasteiger partial charge is 0.255 e. The molecule has 0 radical (unpaired) electrons. The normalized spacial score (nSPS) is 25.0. The molecule has 172 valence electrons. The number of nitrogens with zero attached hydrogens (tertiary/aromatic N) is 1. The van der Waals surface area contributed by atoms with Crippen molar-refractivity contribution in [1.29, 1.82) is 0 Å². The second-order valence-electron chi connectivity index (χ2n) is 8.89. The molecular formula is C26H29N3O4. The zero-order valence-electron chi connectivity index (χ0n) is 18.6. The number of hydrogen-bond acceptors (Lipinski definition) is 5. The van der Waals surface area contributed by atoms with Gasteiger partial charge < -0.3 is 25.0 Å². The van der Waals surface area contributed by atoms with Gasteiger partial charge >= 0.3 is 0 Å². The Labute approximate surface area is 193 Å². The first kappa shape index (κ1) is 21.7. The van der Waals surface area contributed by atoms with Crippen molar-refractivity contribution in [1.82, 2.24) is 15.5 Å². The zero-order valence-corrected chi connectivity index (χ0v) is 18.6. The molecule has 0 aromatic heterocycles. The number of allylic oxidation sites excluding steroid dienone is 1. The lowest BCUT2D eigenvalue weighted by Gasteiger charge is -2.32. The molecule has 3 heterocycles. The van der Waals surface area contributed by atoms with Gasteiger partial charge in [-0.25, -0.2) is 0 Å². The van der Waals surface area contributed by atoms with E-state index in [1.54, 1.807) is 4.90 Å². The summed E-state index contributed by atoms with van der Waals surface area (Å²) in [4.78, 5) is 27.0. The zero-order chi connectivity index (χ0) is 22.8. The minimum Gasteiger partial charge on any atom is -0.489 e. The molecule has 0 bridgehead atoms. The number of benzene rings is 2. The summed E-state index contributed by atoms with van der Waals surface area (Å²) in [6, 6.07) is 15.5. The van der Waals surface area contributed by atoms with Crippen molar-refractivity contribution >= 4 is 11.8 Å². The van der Waals surface area contributed by atoms with Gasteiger partial charge in [0.2, 0.25) is 5.91 Å². The minimum absolute atomic E-state index is 0.0242. The summed E-state index contributed by atoms with van der Waals surface area (Å²) in [6.45, 7) is 6.24. The van der Waals surface area contributed by atoms with Crippen molar-refractivity contribution in [2.45, 2.75) is 50.5 Å². The summed E-state index contributed by atoms with van der Waals surface area (Å²) in [7, 11) is 0. The quantitative estimate of drug-likeness (QED) is 0.712. The van der Waals surface area contributed by atoms with E-state index in [2.05, 4.69) is 29.3 Å². The van der Waals surface area contributed by atoms with Gasteiger partial charge in [0.1, 0.15) is 17.9 Å².